The number of amides is 1. The number of aromatic nitrogens is 5. The number of aryl methyl sites for hydroxylation is 3. The predicted octanol–water partition coefficient (Wildman–Crippen LogP) is 0.845. The highest BCUT2D eigenvalue weighted by molar-refractivity contribution is 5.76. The van der Waals surface area contributed by atoms with Crippen molar-refractivity contribution in [3.05, 3.63) is 23.9 Å². The van der Waals surface area contributed by atoms with Crippen LogP contribution in [0, 0.1) is 6.92 Å². The van der Waals surface area contributed by atoms with Crippen LogP contribution in [0.4, 0.5) is 0 Å². The van der Waals surface area contributed by atoms with E-state index in [1.54, 1.807) is 13.3 Å². The zero-order valence-electron chi connectivity index (χ0n) is 12.9. The maximum atomic E-state index is 12.4. The Morgan fingerprint density at radius 2 is 2.36 bits per heavy atom. The van der Waals surface area contributed by atoms with Crippen molar-refractivity contribution in [1.29, 1.82) is 0 Å². The quantitative estimate of drug-likeness (QED) is 0.831. The molecule has 1 aliphatic rings. The lowest BCUT2D eigenvalue weighted by Crippen LogP contribution is -2.39. The van der Waals surface area contributed by atoms with Crippen LogP contribution in [0.15, 0.2) is 10.9 Å². The SMILES string of the molecule is Cc1nc(C2CCCN(C(=O)CCc3nncn3C)C2)no1. The molecular weight excluding hydrogens is 284 g/mol. The number of likely N-dealkylation sites (tertiary alicyclic amines) is 1. The van der Waals surface area contributed by atoms with Gasteiger partial charge in [0.25, 0.3) is 0 Å². The highest BCUT2D eigenvalue weighted by atomic mass is 16.5. The number of hydrogen-bond donors (Lipinski definition) is 0. The molecule has 1 atom stereocenters. The third kappa shape index (κ3) is 3.15. The van der Waals surface area contributed by atoms with Crippen molar-refractivity contribution in [2.75, 3.05) is 13.1 Å². The Bertz CT molecular complexity index is 649. The number of carbonyl (C=O) groups is 1. The maximum absolute atomic E-state index is 12.4. The second-order valence-corrected chi connectivity index (χ2v) is 5.71. The summed E-state index contributed by atoms with van der Waals surface area (Å²) in [7, 11) is 1.88. The lowest BCUT2D eigenvalue weighted by atomic mass is 9.97. The van der Waals surface area contributed by atoms with Gasteiger partial charge in [-0.05, 0) is 12.8 Å². The zero-order chi connectivity index (χ0) is 15.5. The fourth-order valence-corrected chi connectivity index (χ4v) is 2.81. The summed E-state index contributed by atoms with van der Waals surface area (Å²) < 4.78 is 6.88. The fourth-order valence-electron chi connectivity index (χ4n) is 2.81. The average molecular weight is 304 g/mol. The Morgan fingerprint density at radius 1 is 1.50 bits per heavy atom. The first-order valence-electron chi connectivity index (χ1n) is 7.54. The topological polar surface area (TPSA) is 89.9 Å². The summed E-state index contributed by atoms with van der Waals surface area (Å²) in [5.41, 5.74) is 0. The Hall–Kier alpha value is -2.25. The van der Waals surface area contributed by atoms with Crippen LogP contribution < -0.4 is 0 Å². The van der Waals surface area contributed by atoms with Gasteiger partial charge in [-0.3, -0.25) is 4.79 Å². The van der Waals surface area contributed by atoms with E-state index in [-0.39, 0.29) is 11.8 Å². The lowest BCUT2D eigenvalue weighted by molar-refractivity contribution is -0.132. The van der Waals surface area contributed by atoms with Crippen molar-refractivity contribution in [2.24, 2.45) is 7.05 Å². The minimum absolute atomic E-state index is 0.146. The fraction of sp³-hybridized carbons (Fsp3) is 0.643. The maximum Gasteiger partial charge on any atom is 0.223 e. The molecule has 8 nitrogen and oxygen atoms in total. The molecule has 1 saturated heterocycles. The van der Waals surface area contributed by atoms with E-state index in [4.69, 9.17) is 4.52 Å². The average Bonchev–Trinajstić information content (AvgIpc) is 3.13. The van der Waals surface area contributed by atoms with Gasteiger partial charge in [0.1, 0.15) is 12.2 Å². The van der Waals surface area contributed by atoms with Crippen molar-refractivity contribution in [3.63, 3.8) is 0 Å². The summed E-state index contributed by atoms with van der Waals surface area (Å²) in [6.45, 7) is 3.24. The molecule has 0 spiro atoms. The number of piperidine rings is 1. The molecule has 1 unspecified atom stereocenters. The summed E-state index contributed by atoms with van der Waals surface area (Å²) in [5, 5.41) is 11.8. The normalized spacial score (nSPS) is 18.6. The summed E-state index contributed by atoms with van der Waals surface area (Å²) >= 11 is 0. The Morgan fingerprint density at radius 3 is 3.05 bits per heavy atom. The summed E-state index contributed by atoms with van der Waals surface area (Å²) in [4.78, 5) is 18.6. The van der Waals surface area contributed by atoms with Crippen LogP contribution in [-0.2, 0) is 18.3 Å². The largest absolute Gasteiger partial charge is 0.342 e. The molecule has 1 aliphatic heterocycles. The van der Waals surface area contributed by atoms with Crippen LogP contribution >= 0.6 is 0 Å². The number of rotatable bonds is 4. The summed E-state index contributed by atoms with van der Waals surface area (Å²) in [6, 6.07) is 0. The van der Waals surface area contributed by atoms with E-state index in [0.29, 0.717) is 31.1 Å². The van der Waals surface area contributed by atoms with Gasteiger partial charge < -0.3 is 14.0 Å². The Balaban J connectivity index is 1.57. The van der Waals surface area contributed by atoms with Gasteiger partial charge in [-0.1, -0.05) is 5.16 Å². The van der Waals surface area contributed by atoms with Gasteiger partial charge in [0.05, 0.1) is 0 Å². The molecule has 3 rings (SSSR count). The summed E-state index contributed by atoms with van der Waals surface area (Å²) in [5.74, 6) is 2.43. The smallest absolute Gasteiger partial charge is 0.223 e. The molecule has 2 aromatic rings. The molecule has 3 heterocycles. The highest BCUT2D eigenvalue weighted by Crippen LogP contribution is 2.25. The molecule has 0 bridgehead atoms. The predicted molar refractivity (Wildman–Crippen MR) is 76.9 cm³/mol. The molecule has 22 heavy (non-hydrogen) atoms. The minimum atomic E-state index is 0.146. The second-order valence-electron chi connectivity index (χ2n) is 5.71. The van der Waals surface area contributed by atoms with E-state index in [9.17, 15) is 4.79 Å². The van der Waals surface area contributed by atoms with E-state index in [2.05, 4.69) is 20.3 Å². The molecule has 2 aromatic heterocycles. The van der Waals surface area contributed by atoms with Gasteiger partial charge >= 0.3 is 0 Å². The van der Waals surface area contributed by atoms with Crippen LogP contribution in [-0.4, -0.2) is 48.8 Å². The monoisotopic (exact) mass is 304 g/mol. The number of hydrogen-bond acceptors (Lipinski definition) is 6. The number of carbonyl (C=O) groups excluding carboxylic acids is 1. The van der Waals surface area contributed by atoms with Gasteiger partial charge in [-0.25, -0.2) is 0 Å². The van der Waals surface area contributed by atoms with Crippen molar-refractivity contribution >= 4 is 5.91 Å². The van der Waals surface area contributed by atoms with Crippen molar-refractivity contribution < 1.29 is 9.32 Å². The first-order chi connectivity index (χ1) is 10.6. The molecule has 0 radical (unpaired) electrons. The van der Waals surface area contributed by atoms with Gasteiger partial charge in [0, 0.05) is 45.8 Å². The molecular formula is C14H20N6O2. The molecule has 0 aromatic carbocycles. The second kappa shape index (κ2) is 6.25. The van der Waals surface area contributed by atoms with E-state index >= 15 is 0 Å². The van der Waals surface area contributed by atoms with Crippen molar-refractivity contribution in [3.8, 4) is 0 Å². The van der Waals surface area contributed by atoms with Gasteiger partial charge in [-0.2, -0.15) is 4.98 Å². The van der Waals surface area contributed by atoms with Crippen LogP contribution in [0.25, 0.3) is 0 Å². The van der Waals surface area contributed by atoms with Crippen molar-refractivity contribution in [1.82, 2.24) is 29.8 Å². The molecule has 1 amide bonds. The molecule has 8 heteroatoms. The first-order valence-corrected chi connectivity index (χ1v) is 7.54. The van der Waals surface area contributed by atoms with E-state index < -0.39 is 0 Å². The van der Waals surface area contributed by atoms with Gasteiger partial charge in [-0.15, -0.1) is 10.2 Å². The van der Waals surface area contributed by atoms with Crippen LogP contribution in [0.1, 0.15) is 42.7 Å². The Labute approximate surface area is 128 Å². The Kier molecular flexibility index (Phi) is 4.17. The minimum Gasteiger partial charge on any atom is -0.342 e. The molecule has 0 saturated carbocycles. The zero-order valence-corrected chi connectivity index (χ0v) is 12.9. The van der Waals surface area contributed by atoms with Crippen molar-refractivity contribution in [2.45, 2.75) is 38.5 Å². The van der Waals surface area contributed by atoms with E-state index in [0.717, 1.165) is 25.2 Å². The molecule has 0 N–H and O–H groups in total. The van der Waals surface area contributed by atoms with Crippen LogP contribution in [0.5, 0.6) is 0 Å². The van der Waals surface area contributed by atoms with E-state index in [1.165, 1.54) is 0 Å². The third-order valence-electron chi connectivity index (χ3n) is 4.05. The molecule has 118 valence electrons. The molecule has 0 aliphatic carbocycles. The van der Waals surface area contributed by atoms with Crippen LogP contribution in [0.2, 0.25) is 0 Å². The number of nitrogens with zero attached hydrogens (tertiary/aromatic N) is 6. The summed E-state index contributed by atoms with van der Waals surface area (Å²) in [6.07, 6.45) is 4.66. The van der Waals surface area contributed by atoms with Gasteiger partial charge in [0.15, 0.2) is 5.82 Å². The van der Waals surface area contributed by atoms with Crippen LogP contribution in [0.3, 0.4) is 0 Å². The lowest BCUT2D eigenvalue weighted by Gasteiger charge is -2.31. The standard InChI is InChI=1S/C14H20N6O2/c1-10-16-14(18-22-10)11-4-3-7-20(8-11)13(21)6-5-12-17-15-9-19(12)2/h9,11H,3-8H2,1-2H3. The molecule has 1 fully saturated rings. The third-order valence-corrected chi connectivity index (χ3v) is 4.05. The van der Waals surface area contributed by atoms with E-state index in [1.807, 2.05) is 16.5 Å². The van der Waals surface area contributed by atoms with Gasteiger partial charge in [0.2, 0.25) is 11.8 Å². The first kappa shape index (κ1) is 14.7. The highest BCUT2D eigenvalue weighted by Gasteiger charge is 2.27.